The average Bonchev–Trinajstić information content (AvgIpc) is 3.27. The summed E-state index contributed by atoms with van der Waals surface area (Å²) in [6, 6.07) is 3.11. The maximum atomic E-state index is 14.9. The van der Waals surface area contributed by atoms with E-state index in [1.54, 1.807) is 19.4 Å². The minimum absolute atomic E-state index is 0.0237. The van der Waals surface area contributed by atoms with Crippen molar-refractivity contribution in [2.75, 3.05) is 52.3 Å². The number of ether oxygens (including phenoxy) is 1. The highest BCUT2D eigenvalue weighted by molar-refractivity contribution is 7.89. The molecule has 200 valence electrons. The van der Waals surface area contributed by atoms with Gasteiger partial charge in [-0.1, -0.05) is 6.92 Å². The Morgan fingerprint density at radius 2 is 1.86 bits per heavy atom. The van der Waals surface area contributed by atoms with Gasteiger partial charge < -0.3 is 19.5 Å². The summed E-state index contributed by atoms with van der Waals surface area (Å²) in [5.74, 6) is 0.343. The molecule has 1 atom stereocenters. The van der Waals surface area contributed by atoms with E-state index in [9.17, 15) is 12.8 Å². The molecule has 0 saturated carbocycles. The van der Waals surface area contributed by atoms with Crippen molar-refractivity contribution in [3.63, 3.8) is 0 Å². The Hall–Kier alpha value is -3.00. The smallest absolute Gasteiger partial charge is 0.260 e. The topological polar surface area (TPSA) is 118 Å². The molecule has 1 saturated heterocycles. The van der Waals surface area contributed by atoms with E-state index >= 15 is 0 Å². The van der Waals surface area contributed by atoms with Crippen molar-refractivity contribution < 1.29 is 17.5 Å². The van der Waals surface area contributed by atoms with Crippen molar-refractivity contribution in [1.29, 1.82) is 0 Å². The summed E-state index contributed by atoms with van der Waals surface area (Å²) in [4.78, 5) is 19.1. The van der Waals surface area contributed by atoms with E-state index in [2.05, 4.69) is 37.1 Å². The molecule has 0 aliphatic carbocycles. The van der Waals surface area contributed by atoms with Crippen LogP contribution in [0.15, 0.2) is 35.7 Å². The van der Waals surface area contributed by atoms with Crippen LogP contribution in [0.5, 0.6) is 0 Å². The Bertz CT molecular complexity index is 1310. The Kier molecular flexibility index (Phi) is 8.47. The molecular weight excluding hydrogens is 499 g/mol. The van der Waals surface area contributed by atoms with E-state index in [0.717, 1.165) is 24.9 Å². The first-order chi connectivity index (χ1) is 17.7. The van der Waals surface area contributed by atoms with E-state index in [0.29, 0.717) is 44.2 Å². The zero-order valence-electron chi connectivity index (χ0n) is 21.6. The number of aromatic nitrogens is 5. The van der Waals surface area contributed by atoms with Crippen LogP contribution in [0.4, 0.5) is 16.0 Å². The fraction of sp³-hybridized carbons (Fsp3) is 0.500. The number of sulfonamides is 1. The lowest BCUT2D eigenvalue weighted by Crippen LogP contribution is -2.47. The number of anilines is 2. The van der Waals surface area contributed by atoms with Crippen LogP contribution in [-0.2, 0) is 14.8 Å². The van der Waals surface area contributed by atoms with Crippen molar-refractivity contribution in [3.05, 3.63) is 42.4 Å². The molecule has 1 aliphatic rings. The van der Waals surface area contributed by atoms with Gasteiger partial charge in [-0.3, -0.25) is 0 Å². The predicted octanol–water partition coefficient (Wildman–Crippen LogP) is 2.85. The minimum Gasteiger partial charge on any atom is -0.385 e. The minimum atomic E-state index is -3.68. The summed E-state index contributed by atoms with van der Waals surface area (Å²) in [7, 11) is -0.0603. The number of hydrogen-bond donors (Lipinski definition) is 1. The van der Waals surface area contributed by atoms with Crippen LogP contribution in [-0.4, -0.2) is 89.1 Å². The molecule has 11 nitrogen and oxygen atoms in total. The number of hydrogen-bond acceptors (Lipinski definition) is 9. The average molecular weight is 533 g/mol. The molecule has 13 heteroatoms. The summed E-state index contributed by atoms with van der Waals surface area (Å²) in [6.07, 6.45) is 5.69. The normalized spacial score (nSPS) is 16.1. The van der Waals surface area contributed by atoms with Gasteiger partial charge in [-0.25, -0.2) is 32.7 Å². The van der Waals surface area contributed by atoms with E-state index in [1.165, 1.54) is 16.6 Å². The molecule has 1 fully saturated rings. The highest BCUT2D eigenvalue weighted by Crippen LogP contribution is 2.29. The highest BCUT2D eigenvalue weighted by atomic mass is 32.2. The molecule has 0 radical (unpaired) electrons. The van der Waals surface area contributed by atoms with Crippen molar-refractivity contribution >= 4 is 21.7 Å². The zero-order valence-corrected chi connectivity index (χ0v) is 22.4. The third-order valence-electron chi connectivity index (χ3n) is 6.52. The molecule has 3 aromatic rings. The monoisotopic (exact) mass is 532 g/mol. The molecule has 1 N–H and O–H groups in total. The van der Waals surface area contributed by atoms with Crippen molar-refractivity contribution in [3.8, 4) is 11.4 Å². The number of nitrogens with one attached hydrogen (secondary N) is 1. The van der Waals surface area contributed by atoms with Gasteiger partial charge >= 0.3 is 0 Å². The molecule has 0 spiro atoms. The molecule has 1 aliphatic heterocycles. The van der Waals surface area contributed by atoms with Gasteiger partial charge in [0, 0.05) is 45.9 Å². The number of rotatable bonds is 10. The van der Waals surface area contributed by atoms with E-state index < -0.39 is 15.8 Å². The number of aryl methyl sites for hydroxylation is 1. The number of pyridine rings is 1. The molecule has 0 bridgehead atoms. The third kappa shape index (κ3) is 5.95. The number of likely N-dealkylation sites (N-methyl/N-ethyl adjacent to an activating group) is 1. The molecular formula is C24H33FN8O3S. The quantitative estimate of drug-likeness (QED) is 0.420. The molecule has 0 amide bonds. The Labute approximate surface area is 216 Å². The first kappa shape index (κ1) is 27.0. The fourth-order valence-electron chi connectivity index (χ4n) is 4.36. The summed E-state index contributed by atoms with van der Waals surface area (Å²) in [6.45, 7) is 6.70. The van der Waals surface area contributed by atoms with Gasteiger partial charge in [0.05, 0.1) is 30.0 Å². The molecule has 37 heavy (non-hydrogen) atoms. The maximum Gasteiger partial charge on any atom is 0.260 e. The van der Waals surface area contributed by atoms with Gasteiger partial charge in [0.2, 0.25) is 5.95 Å². The van der Waals surface area contributed by atoms with Gasteiger partial charge in [0.15, 0.2) is 10.8 Å². The molecule has 4 heterocycles. The first-order valence-electron chi connectivity index (χ1n) is 12.2. The second-order valence-electron chi connectivity index (χ2n) is 9.01. The zero-order chi connectivity index (χ0) is 26.6. The number of piperazine rings is 1. The van der Waals surface area contributed by atoms with E-state index in [4.69, 9.17) is 4.74 Å². The second kappa shape index (κ2) is 11.6. The van der Waals surface area contributed by atoms with Crippen LogP contribution in [0, 0.1) is 12.7 Å². The van der Waals surface area contributed by atoms with Crippen LogP contribution in [0.25, 0.3) is 11.4 Å². The molecule has 4 rings (SSSR count). The Morgan fingerprint density at radius 3 is 2.51 bits per heavy atom. The second-order valence-corrected chi connectivity index (χ2v) is 10.9. The predicted molar refractivity (Wildman–Crippen MR) is 138 cm³/mol. The molecule has 1 unspecified atom stereocenters. The van der Waals surface area contributed by atoms with Crippen LogP contribution in [0.2, 0.25) is 0 Å². The summed E-state index contributed by atoms with van der Waals surface area (Å²) in [5, 5.41) is 2.97. The largest absolute Gasteiger partial charge is 0.385 e. The number of imidazole rings is 1. The van der Waals surface area contributed by atoms with Gasteiger partial charge in [0.25, 0.3) is 10.0 Å². The number of methoxy groups -OCH3 is 1. The summed E-state index contributed by atoms with van der Waals surface area (Å²) in [5.41, 5.74) is 1.15. The Balaban J connectivity index is 1.55. The molecule has 0 aromatic carbocycles. The standard InChI is InChI=1S/C24H33FN8O3S/c1-5-19(8-13-36-4)33-17(2)26-16-21(33)23-20(25)15-28-24(30-23)29-18-6-7-22(27-14-18)37(34,35)32-11-9-31(3)10-12-32/h6-7,14-16,19H,5,8-13H2,1-4H3,(H,28,29,30). The van der Waals surface area contributed by atoms with Crippen LogP contribution in [0.1, 0.15) is 31.6 Å². The van der Waals surface area contributed by atoms with Gasteiger partial charge in [-0.2, -0.15) is 4.31 Å². The lowest BCUT2D eigenvalue weighted by molar-refractivity contribution is 0.177. The Morgan fingerprint density at radius 1 is 1.11 bits per heavy atom. The van der Waals surface area contributed by atoms with Gasteiger partial charge in [-0.05, 0) is 38.9 Å². The number of halogens is 1. The highest BCUT2D eigenvalue weighted by Gasteiger charge is 2.28. The summed E-state index contributed by atoms with van der Waals surface area (Å²) < 4.78 is 49.4. The first-order valence-corrected chi connectivity index (χ1v) is 13.7. The third-order valence-corrected chi connectivity index (χ3v) is 8.33. The van der Waals surface area contributed by atoms with Crippen molar-refractivity contribution in [2.24, 2.45) is 0 Å². The van der Waals surface area contributed by atoms with Crippen molar-refractivity contribution in [2.45, 2.75) is 37.8 Å². The number of nitrogens with zero attached hydrogens (tertiary/aromatic N) is 7. The van der Waals surface area contributed by atoms with Gasteiger partial charge in [-0.15, -0.1) is 0 Å². The fourth-order valence-corrected chi connectivity index (χ4v) is 5.70. The van der Waals surface area contributed by atoms with E-state index in [1.807, 2.05) is 18.5 Å². The van der Waals surface area contributed by atoms with Crippen molar-refractivity contribution in [1.82, 2.24) is 33.7 Å². The lowest BCUT2D eigenvalue weighted by Gasteiger charge is -2.31. The SMILES string of the molecule is CCC(CCOC)n1c(-c2nc(Nc3ccc(S(=O)(=O)N4CCN(C)CC4)nc3)ncc2F)cnc1C. The van der Waals surface area contributed by atoms with E-state index in [-0.39, 0.29) is 22.7 Å². The van der Waals surface area contributed by atoms with Gasteiger partial charge in [0.1, 0.15) is 11.5 Å². The van der Waals surface area contributed by atoms with Crippen LogP contribution in [0.3, 0.4) is 0 Å². The van der Waals surface area contributed by atoms with Crippen LogP contribution < -0.4 is 5.32 Å². The summed E-state index contributed by atoms with van der Waals surface area (Å²) >= 11 is 0. The molecule has 3 aromatic heterocycles. The van der Waals surface area contributed by atoms with Crippen LogP contribution >= 0.6 is 0 Å². The lowest BCUT2D eigenvalue weighted by atomic mass is 10.1. The maximum absolute atomic E-state index is 14.9.